The van der Waals surface area contributed by atoms with Crippen molar-refractivity contribution in [3.63, 3.8) is 0 Å². The van der Waals surface area contributed by atoms with Crippen molar-refractivity contribution in [2.45, 2.75) is 25.9 Å². The van der Waals surface area contributed by atoms with Crippen molar-refractivity contribution < 1.29 is 0 Å². The minimum Gasteiger partial charge on any atom is -0.361 e. The second-order valence-electron chi connectivity index (χ2n) is 4.55. The summed E-state index contributed by atoms with van der Waals surface area (Å²) in [4.78, 5) is 16.2. The van der Waals surface area contributed by atoms with Crippen LogP contribution in [-0.4, -0.2) is 21.5 Å². The van der Waals surface area contributed by atoms with Gasteiger partial charge in [-0.1, -0.05) is 30.3 Å². The molecule has 0 aliphatic rings. The quantitative estimate of drug-likeness (QED) is 0.832. The number of aryl methyl sites for hydroxylation is 1. The number of aromatic nitrogens is 2. The van der Waals surface area contributed by atoms with Gasteiger partial charge in [0.2, 0.25) is 0 Å². The molecular formula is C15H18ClN3O. The SMILES string of the molecule is CCn1ccnc(NC(CCl)Cc2ccccc2)c1=O. The van der Waals surface area contributed by atoms with Crippen LogP contribution in [-0.2, 0) is 13.0 Å². The molecule has 1 N–H and O–H groups in total. The van der Waals surface area contributed by atoms with E-state index in [-0.39, 0.29) is 11.6 Å². The molecule has 1 atom stereocenters. The van der Waals surface area contributed by atoms with Gasteiger partial charge in [-0.05, 0) is 18.9 Å². The van der Waals surface area contributed by atoms with E-state index in [1.807, 2.05) is 37.3 Å². The summed E-state index contributed by atoms with van der Waals surface area (Å²) < 4.78 is 1.61. The highest BCUT2D eigenvalue weighted by Gasteiger charge is 2.12. The van der Waals surface area contributed by atoms with Crippen LogP contribution in [0.25, 0.3) is 0 Å². The highest BCUT2D eigenvalue weighted by Crippen LogP contribution is 2.08. The summed E-state index contributed by atoms with van der Waals surface area (Å²) in [6.45, 7) is 2.55. The van der Waals surface area contributed by atoms with E-state index >= 15 is 0 Å². The third-order valence-corrected chi connectivity index (χ3v) is 3.48. The number of alkyl halides is 1. The van der Waals surface area contributed by atoms with Gasteiger partial charge in [-0.25, -0.2) is 4.98 Å². The van der Waals surface area contributed by atoms with E-state index in [1.165, 1.54) is 5.56 Å². The van der Waals surface area contributed by atoms with Gasteiger partial charge in [-0.3, -0.25) is 4.79 Å². The summed E-state index contributed by atoms with van der Waals surface area (Å²) >= 11 is 5.99. The van der Waals surface area contributed by atoms with Gasteiger partial charge in [0, 0.05) is 30.9 Å². The fourth-order valence-corrected chi connectivity index (χ4v) is 2.22. The Morgan fingerprint density at radius 3 is 2.75 bits per heavy atom. The van der Waals surface area contributed by atoms with E-state index in [1.54, 1.807) is 17.0 Å². The molecule has 20 heavy (non-hydrogen) atoms. The molecule has 0 radical (unpaired) electrons. The first-order chi connectivity index (χ1) is 9.74. The number of nitrogens with one attached hydrogen (secondary N) is 1. The predicted octanol–water partition coefficient (Wildman–Crippen LogP) is 2.53. The van der Waals surface area contributed by atoms with Crippen LogP contribution in [0.1, 0.15) is 12.5 Å². The van der Waals surface area contributed by atoms with Crippen molar-refractivity contribution in [1.29, 1.82) is 0 Å². The highest BCUT2D eigenvalue weighted by atomic mass is 35.5. The molecule has 5 heteroatoms. The summed E-state index contributed by atoms with van der Waals surface area (Å²) in [6.07, 6.45) is 4.06. The Hall–Kier alpha value is -1.81. The Bertz CT molecular complexity index is 598. The van der Waals surface area contributed by atoms with Crippen molar-refractivity contribution in [3.8, 4) is 0 Å². The molecule has 0 saturated heterocycles. The number of benzene rings is 1. The standard InChI is InChI=1S/C15H18ClN3O/c1-2-19-9-8-17-14(15(19)20)18-13(11-16)10-12-6-4-3-5-7-12/h3-9,13H,2,10-11H2,1H3,(H,17,18). The van der Waals surface area contributed by atoms with Crippen molar-refractivity contribution in [3.05, 3.63) is 58.6 Å². The van der Waals surface area contributed by atoms with E-state index in [4.69, 9.17) is 11.6 Å². The monoisotopic (exact) mass is 291 g/mol. The highest BCUT2D eigenvalue weighted by molar-refractivity contribution is 6.18. The van der Waals surface area contributed by atoms with Crippen LogP contribution in [0.5, 0.6) is 0 Å². The second-order valence-corrected chi connectivity index (χ2v) is 4.86. The number of halogens is 1. The summed E-state index contributed by atoms with van der Waals surface area (Å²) in [5.41, 5.74) is 1.07. The molecule has 2 rings (SSSR count). The zero-order valence-electron chi connectivity index (χ0n) is 11.4. The van der Waals surface area contributed by atoms with Gasteiger partial charge in [-0.2, -0.15) is 0 Å². The van der Waals surface area contributed by atoms with Crippen LogP contribution in [0.15, 0.2) is 47.5 Å². The fraction of sp³-hybridized carbons (Fsp3) is 0.333. The van der Waals surface area contributed by atoms with Crippen LogP contribution >= 0.6 is 11.6 Å². The summed E-state index contributed by atoms with van der Waals surface area (Å²) in [6, 6.07) is 10.0. The van der Waals surface area contributed by atoms with Crippen LogP contribution in [0.4, 0.5) is 5.82 Å². The minimum absolute atomic E-state index is 0.0213. The molecule has 1 unspecified atom stereocenters. The molecule has 0 aliphatic carbocycles. The normalized spacial score (nSPS) is 12.1. The van der Waals surface area contributed by atoms with Gasteiger partial charge in [0.1, 0.15) is 0 Å². The van der Waals surface area contributed by atoms with Gasteiger partial charge in [0.25, 0.3) is 5.56 Å². The lowest BCUT2D eigenvalue weighted by Crippen LogP contribution is -2.31. The molecule has 1 heterocycles. The molecule has 0 bridgehead atoms. The molecule has 4 nitrogen and oxygen atoms in total. The molecule has 0 saturated carbocycles. The fourth-order valence-electron chi connectivity index (χ4n) is 2.03. The molecule has 0 aliphatic heterocycles. The van der Waals surface area contributed by atoms with Crippen molar-refractivity contribution in [2.24, 2.45) is 0 Å². The number of hydrogen-bond donors (Lipinski definition) is 1. The Labute approximate surface area is 123 Å². The van der Waals surface area contributed by atoms with E-state index in [0.29, 0.717) is 18.2 Å². The second kappa shape index (κ2) is 7.10. The lowest BCUT2D eigenvalue weighted by molar-refractivity contribution is 0.709. The maximum atomic E-state index is 12.1. The first kappa shape index (κ1) is 14.6. The number of nitrogens with zero attached hydrogens (tertiary/aromatic N) is 2. The first-order valence-corrected chi connectivity index (χ1v) is 7.20. The lowest BCUT2D eigenvalue weighted by atomic mass is 10.1. The van der Waals surface area contributed by atoms with Gasteiger partial charge in [0.05, 0.1) is 0 Å². The van der Waals surface area contributed by atoms with E-state index in [0.717, 1.165) is 6.42 Å². The zero-order valence-corrected chi connectivity index (χ0v) is 12.2. The molecule has 106 valence electrons. The van der Waals surface area contributed by atoms with Crippen LogP contribution < -0.4 is 10.9 Å². The summed E-state index contributed by atoms with van der Waals surface area (Å²) in [5, 5.41) is 3.14. The van der Waals surface area contributed by atoms with E-state index in [2.05, 4.69) is 10.3 Å². The van der Waals surface area contributed by atoms with Crippen LogP contribution in [0.2, 0.25) is 0 Å². The minimum atomic E-state index is -0.113. The largest absolute Gasteiger partial charge is 0.361 e. The van der Waals surface area contributed by atoms with Gasteiger partial charge >= 0.3 is 0 Å². The van der Waals surface area contributed by atoms with E-state index in [9.17, 15) is 4.79 Å². The first-order valence-electron chi connectivity index (χ1n) is 6.66. The lowest BCUT2D eigenvalue weighted by Gasteiger charge is -2.16. The molecule has 2 aromatic rings. The molecule has 0 spiro atoms. The predicted molar refractivity (Wildman–Crippen MR) is 82.4 cm³/mol. The molecule has 1 aromatic heterocycles. The number of rotatable bonds is 6. The Morgan fingerprint density at radius 1 is 1.35 bits per heavy atom. The van der Waals surface area contributed by atoms with Crippen molar-refractivity contribution in [1.82, 2.24) is 9.55 Å². The topological polar surface area (TPSA) is 46.9 Å². The molecule has 1 aromatic carbocycles. The van der Waals surface area contributed by atoms with Crippen molar-refractivity contribution in [2.75, 3.05) is 11.2 Å². The maximum absolute atomic E-state index is 12.1. The summed E-state index contributed by atoms with van der Waals surface area (Å²) in [5.74, 6) is 0.771. The van der Waals surface area contributed by atoms with Gasteiger partial charge in [0.15, 0.2) is 5.82 Å². The van der Waals surface area contributed by atoms with Crippen LogP contribution in [0, 0.1) is 0 Å². The third-order valence-electron chi connectivity index (χ3n) is 3.11. The third kappa shape index (κ3) is 3.61. The van der Waals surface area contributed by atoms with Crippen molar-refractivity contribution >= 4 is 17.4 Å². The summed E-state index contributed by atoms with van der Waals surface area (Å²) in [7, 11) is 0. The smallest absolute Gasteiger partial charge is 0.293 e. The maximum Gasteiger partial charge on any atom is 0.293 e. The van der Waals surface area contributed by atoms with Gasteiger partial charge in [-0.15, -0.1) is 11.6 Å². The number of anilines is 1. The number of hydrogen-bond acceptors (Lipinski definition) is 3. The van der Waals surface area contributed by atoms with E-state index < -0.39 is 0 Å². The average molecular weight is 292 g/mol. The molecule has 0 amide bonds. The molecule has 0 fully saturated rings. The van der Waals surface area contributed by atoms with Crippen LogP contribution in [0.3, 0.4) is 0 Å². The average Bonchev–Trinajstić information content (AvgIpc) is 2.49. The zero-order chi connectivity index (χ0) is 14.4. The Kier molecular flexibility index (Phi) is 5.18. The Morgan fingerprint density at radius 2 is 2.10 bits per heavy atom. The molecular weight excluding hydrogens is 274 g/mol. The van der Waals surface area contributed by atoms with Gasteiger partial charge < -0.3 is 9.88 Å². The Balaban J connectivity index is 2.13.